The number of rotatable bonds is 4. The number of benzene rings is 1. The number of ether oxygens (including phenoxy) is 1. The largest absolute Gasteiger partial charge is 0.481 e. The zero-order valence-electron chi connectivity index (χ0n) is 16.1. The normalized spacial score (nSPS) is 19.9. The number of hydrogen-bond acceptors (Lipinski definition) is 4. The lowest BCUT2D eigenvalue weighted by Gasteiger charge is -2.37. The lowest BCUT2D eigenvalue weighted by Crippen LogP contribution is -2.46. The molecule has 1 atom stereocenters. The van der Waals surface area contributed by atoms with Crippen molar-refractivity contribution in [3.63, 3.8) is 0 Å². The Morgan fingerprint density at radius 3 is 2.52 bits per heavy atom. The average molecular weight is 371 g/mol. The minimum atomic E-state index is -0.957. The summed E-state index contributed by atoms with van der Waals surface area (Å²) in [5.74, 6) is -0.111. The summed E-state index contributed by atoms with van der Waals surface area (Å²) in [4.78, 5) is 26.8. The first-order valence-corrected chi connectivity index (χ1v) is 8.92. The van der Waals surface area contributed by atoms with Crippen LogP contribution < -0.4 is 4.74 Å². The third-order valence-corrected chi connectivity index (χ3v) is 5.43. The van der Waals surface area contributed by atoms with Gasteiger partial charge in [0.05, 0.1) is 23.4 Å². The number of carboxylic acid groups (broad SMARTS) is 1. The predicted octanol–water partition coefficient (Wildman–Crippen LogP) is 3.18. The van der Waals surface area contributed by atoms with Gasteiger partial charge in [0, 0.05) is 20.1 Å². The summed E-state index contributed by atoms with van der Waals surface area (Å²) in [5, 5.41) is 13.9. The minimum absolute atomic E-state index is 0.186. The quantitative estimate of drug-likeness (QED) is 0.892. The van der Waals surface area contributed by atoms with E-state index in [1.807, 2.05) is 20.8 Å². The Hall–Kier alpha value is -2.83. The van der Waals surface area contributed by atoms with E-state index in [1.54, 1.807) is 53.3 Å². The number of likely N-dealkylation sites (tertiary alicyclic amines) is 1. The molecule has 0 aliphatic carbocycles. The number of amides is 1. The molecule has 1 N–H and O–H groups in total. The summed E-state index contributed by atoms with van der Waals surface area (Å²) in [7, 11) is 1.78. The Bertz CT molecular complexity index is 868. The lowest BCUT2D eigenvalue weighted by atomic mass is 9.66. The molecule has 0 saturated carbocycles. The number of nitrogens with zero attached hydrogens (tertiary/aromatic N) is 3. The highest BCUT2D eigenvalue weighted by molar-refractivity contribution is 5.97. The first-order chi connectivity index (χ1) is 12.6. The number of carboxylic acids is 1. The first kappa shape index (κ1) is 18.9. The van der Waals surface area contributed by atoms with Gasteiger partial charge in [0.25, 0.3) is 5.91 Å². The Morgan fingerprint density at radius 1 is 1.26 bits per heavy atom. The molecule has 2 heterocycles. The van der Waals surface area contributed by atoms with Gasteiger partial charge in [0.2, 0.25) is 0 Å². The SMILES string of the molecule is Cn1cc(Oc2ccccc2C(=O)N2CCC(C(=O)O)(C(C)(C)C)C2)cn1. The smallest absolute Gasteiger partial charge is 0.312 e. The van der Waals surface area contributed by atoms with Crippen LogP contribution in [0.5, 0.6) is 11.5 Å². The summed E-state index contributed by atoms with van der Waals surface area (Å²) in [6.07, 6.45) is 3.72. The molecule has 2 aromatic rings. The Morgan fingerprint density at radius 2 is 1.96 bits per heavy atom. The first-order valence-electron chi connectivity index (χ1n) is 8.92. The van der Waals surface area contributed by atoms with Gasteiger partial charge in [-0.15, -0.1) is 0 Å². The van der Waals surface area contributed by atoms with Crippen LogP contribution in [0.2, 0.25) is 0 Å². The van der Waals surface area contributed by atoms with Crippen molar-refractivity contribution in [1.29, 1.82) is 0 Å². The molecule has 1 unspecified atom stereocenters. The van der Waals surface area contributed by atoms with Gasteiger partial charge in [-0.25, -0.2) is 0 Å². The van der Waals surface area contributed by atoms with Crippen LogP contribution in [-0.2, 0) is 11.8 Å². The summed E-state index contributed by atoms with van der Waals surface area (Å²) in [6, 6.07) is 6.99. The van der Waals surface area contributed by atoms with E-state index in [4.69, 9.17) is 4.74 Å². The number of para-hydroxylation sites is 1. The van der Waals surface area contributed by atoms with Gasteiger partial charge in [0.1, 0.15) is 5.75 Å². The van der Waals surface area contributed by atoms with Crippen molar-refractivity contribution < 1.29 is 19.4 Å². The Labute approximate surface area is 158 Å². The molecule has 1 amide bonds. The average Bonchev–Trinajstić information content (AvgIpc) is 3.22. The highest BCUT2D eigenvalue weighted by atomic mass is 16.5. The third-order valence-electron chi connectivity index (χ3n) is 5.43. The Balaban J connectivity index is 1.86. The second-order valence-corrected chi connectivity index (χ2v) is 8.06. The molecular formula is C20H25N3O4. The van der Waals surface area contributed by atoms with E-state index in [9.17, 15) is 14.7 Å². The maximum atomic E-state index is 13.1. The lowest BCUT2D eigenvalue weighted by molar-refractivity contribution is -0.154. The zero-order chi connectivity index (χ0) is 19.8. The van der Waals surface area contributed by atoms with Crippen LogP contribution in [0.15, 0.2) is 36.7 Å². The summed E-state index contributed by atoms with van der Waals surface area (Å²) in [6.45, 7) is 6.33. The van der Waals surface area contributed by atoms with Gasteiger partial charge in [-0.3, -0.25) is 14.3 Å². The number of aromatic nitrogens is 2. The number of aliphatic carboxylic acids is 1. The van der Waals surface area contributed by atoms with Gasteiger partial charge in [-0.2, -0.15) is 5.10 Å². The van der Waals surface area contributed by atoms with Crippen LogP contribution in [0.3, 0.4) is 0 Å². The molecule has 144 valence electrons. The van der Waals surface area contributed by atoms with Crippen molar-refractivity contribution in [2.24, 2.45) is 17.9 Å². The van der Waals surface area contributed by atoms with Gasteiger partial charge in [-0.05, 0) is 24.0 Å². The second kappa shape index (κ2) is 6.72. The molecule has 3 rings (SSSR count). The molecule has 0 spiro atoms. The van der Waals surface area contributed by atoms with Gasteiger partial charge < -0.3 is 14.7 Å². The molecule has 0 radical (unpaired) electrons. The molecule has 1 aliphatic heterocycles. The van der Waals surface area contributed by atoms with Crippen LogP contribution in [0.4, 0.5) is 0 Å². The molecule has 7 nitrogen and oxygen atoms in total. The van der Waals surface area contributed by atoms with E-state index >= 15 is 0 Å². The standard InChI is InChI=1S/C20H25N3O4/c1-19(2,3)20(18(25)26)9-10-23(13-20)17(24)15-7-5-6-8-16(15)27-14-11-21-22(4)12-14/h5-8,11-12H,9-10,13H2,1-4H3,(H,25,26). The predicted molar refractivity (Wildman–Crippen MR) is 99.8 cm³/mol. The van der Waals surface area contributed by atoms with E-state index in [0.717, 1.165) is 0 Å². The highest BCUT2D eigenvalue weighted by Gasteiger charge is 2.54. The van der Waals surface area contributed by atoms with Crippen molar-refractivity contribution in [2.75, 3.05) is 13.1 Å². The highest BCUT2D eigenvalue weighted by Crippen LogP contribution is 2.46. The number of hydrogen-bond donors (Lipinski definition) is 1. The molecule has 27 heavy (non-hydrogen) atoms. The van der Waals surface area contributed by atoms with Crippen molar-refractivity contribution in [1.82, 2.24) is 14.7 Å². The minimum Gasteiger partial charge on any atom is -0.481 e. The topological polar surface area (TPSA) is 84.7 Å². The monoisotopic (exact) mass is 371 g/mol. The van der Waals surface area contributed by atoms with Gasteiger partial charge >= 0.3 is 5.97 Å². The van der Waals surface area contributed by atoms with E-state index < -0.39 is 16.8 Å². The van der Waals surface area contributed by atoms with E-state index in [-0.39, 0.29) is 12.5 Å². The van der Waals surface area contributed by atoms with Crippen LogP contribution in [0.1, 0.15) is 37.6 Å². The Kier molecular flexibility index (Phi) is 4.71. The van der Waals surface area contributed by atoms with E-state index in [0.29, 0.717) is 30.0 Å². The number of carbonyl (C=O) groups is 2. The van der Waals surface area contributed by atoms with Crippen LogP contribution in [0.25, 0.3) is 0 Å². The van der Waals surface area contributed by atoms with Gasteiger partial charge in [-0.1, -0.05) is 32.9 Å². The number of carbonyl (C=O) groups excluding carboxylic acids is 1. The third kappa shape index (κ3) is 3.41. The molecule has 0 bridgehead atoms. The molecule has 1 aliphatic rings. The van der Waals surface area contributed by atoms with Crippen LogP contribution in [-0.4, -0.2) is 44.8 Å². The molecular weight excluding hydrogens is 346 g/mol. The fraction of sp³-hybridized carbons (Fsp3) is 0.450. The molecule has 1 aromatic heterocycles. The summed E-state index contributed by atoms with van der Waals surface area (Å²) < 4.78 is 7.45. The molecule has 1 fully saturated rings. The maximum Gasteiger partial charge on any atom is 0.312 e. The molecule has 1 saturated heterocycles. The molecule has 7 heteroatoms. The fourth-order valence-electron chi connectivity index (χ4n) is 3.57. The fourth-order valence-corrected chi connectivity index (χ4v) is 3.57. The van der Waals surface area contributed by atoms with Gasteiger partial charge in [0.15, 0.2) is 5.75 Å². The van der Waals surface area contributed by atoms with E-state index in [1.165, 1.54) is 0 Å². The summed E-state index contributed by atoms with van der Waals surface area (Å²) in [5.41, 5.74) is -1.00. The maximum absolute atomic E-state index is 13.1. The zero-order valence-corrected chi connectivity index (χ0v) is 16.1. The van der Waals surface area contributed by atoms with Crippen molar-refractivity contribution in [2.45, 2.75) is 27.2 Å². The van der Waals surface area contributed by atoms with Crippen molar-refractivity contribution in [3.05, 3.63) is 42.2 Å². The van der Waals surface area contributed by atoms with Crippen molar-refractivity contribution >= 4 is 11.9 Å². The van der Waals surface area contributed by atoms with Crippen LogP contribution in [0, 0.1) is 10.8 Å². The molecule has 1 aromatic carbocycles. The van der Waals surface area contributed by atoms with Crippen LogP contribution >= 0.6 is 0 Å². The second-order valence-electron chi connectivity index (χ2n) is 8.06. The van der Waals surface area contributed by atoms with Crippen molar-refractivity contribution in [3.8, 4) is 11.5 Å². The number of aryl methyl sites for hydroxylation is 1. The van der Waals surface area contributed by atoms with E-state index in [2.05, 4.69) is 5.10 Å². The summed E-state index contributed by atoms with van der Waals surface area (Å²) >= 11 is 0.